The Morgan fingerprint density at radius 2 is 2.00 bits per heavy atom. The minimum absolute atomic E-state index is 0.233. The molecule has 0 unspecified atom stereocenters. The third-order valence-electron chi connectivity index (χ3n) is 2.66. The zero-order valence-electron chi connectivity index (χ0n) is 11.3. The molecule has 0 aliphatic rings. The topological polar surface area (TPSA) is 53.3 Å². The molecule has 0 N–H and O–H groups in total. The molecular weight excluding hydrogens is 308 g/mol. The largest absolute Gasteiger partial charge is 0.497 e. The van der Waals surface area contributed by atoms with Crippen molar-refractivity contribution in [3.63, 3.8) is 0 Å². The van der Waals surface area contributed by atoms with E-state index >= 15 is 0 Å². The van der Waals surface area contributed by atoms with E-state index in [-0.39, 0.29) is 5.91 Å². The van der Waals surface area contributed by atoms with Gasteiger partial charge < -0.3 is 4.74 Å². The molecule has 0 aliphatic carbocycles. The number of hydrogen-bond acceptors (Lipinski definition) is 3. The second kappa shape index (κ2) is 6.58. The highest BCUT2D eigenvalue weighted by Gasteiger charge is 2.29. The Morgan fingerprint density at radius 3 is 2.42 bits per heavy atom. The molecule has 0 fully saturated rings. The van der Waals surface area contributed by atoms with Gasteiger partial charge in [-0.2, -0.15) is 5.26 Å². The van der Waals surface area contributed by atoms with Crippen molar-refractivity contribution in [1.82, 2.24) is 4.90 Å². The van der Waals surface area contributed by atoms with Crippen molar-refractivity contribution < 1.29 is 9.53 Å². The third-order valence-corrected chi connectivity index (χ3v) is 3.00. The Hall–Kier alpha value is -1.54. The highest BCUT2D eigenvalue weighted by molar-refractivity contribution is 9.10. The van der Waals surface area contributed by atoms with Crippen LogP contribution in [-0.2, 0) is 11.2 Å². The molecule has 1 aromatic rings. The molecule has 1 amide bonds. The lowest BCUT2D eigenvalue weighted by molar-refractivity contribution is -0.129. The van der Waals surface area contributed by atoms with Crippen LogP contribution in [0.3, 0.4) is 0 Å². The summed E-state index contributed by atoms with van der Waals surface area (Å²) in [5.41, 5.74) is 1.06. The molecule has 0 bridgehead atoms. The number of methoxy groups -OCH3 is 1. The molecular formula is C14H17BrN2O2. The lowest BCUT2D eigenvalue weighted by atomic mass is 10.1. The number of halogens is 1. The molecule has 0 saturated heterocycles. The second-order valence-electron chi connectivity index (χ2n) is 4.63. The van der Waals surface area contributed by atoms with Crippen LogP contribution in [0.25, 0.3) is 0 Å². The summed E-state index contributed by atoms with van der Waals surface area (Å²) >= 11 is 3.27. The predicted molar refractivity (Wildman–Crippen MR) is 77.0 cm³/mol. The monoisotopic (exact) mass is 324 g/mol. The fourth-order valence-corrected chi connectivity index (χ4v) is 1.77. The van der Waals surface area contributed by atoms with Crippen molar-refractivity contribution >= 4 is 21.8 Å². The van der Waals surface area contributed by atoms with Gasteiger partial charge >= 0.3 is 0 Å². The van der Waals surface area contributed by atoms with Crippen molar-refractivity contribution in [2.75, 3.05) is 13.7 Å². The number of benzene rings is 1. The maximum Gasteiger partial charge on any atom is 0.251 e. The van der Waals surface area contributed by atoms with Crippen molar-refractivity contribution in [2.24, 2.45) is 0 Å². The zero-order valence-corrected chi connectivity index (χ0v) is 12.9. The minimum atomic E-state index is -0.720. The molecule has 0 radical (unpaired) electrons. The third kappa shape index (κ3) is 4.56. The summed E-state index contributed by atoms with van der Waals surface area (Å²) in [6.45, 7) is 3.83. The highest BCUT2D eigenvalue weighted by Crippen LogP contribution is 2.19. The SMILES string of the molecule is COc1ccc(CCN(C#N)C(=O)C(C)(C)Br)cc1. The van der Waals surface area contributed by atoms with Crippen LogP contribution < -0.4 is 4.74 Å². The molecule has 0 saturated carbocycles. The number of alkyl halides is 1. The molecule has 1 aromatic carbocycles. The first kappa shape index (κ1) is 15.5. The maximum absolute atomic E-state index is 12.0. The summed E-state index contributed by atoms with van der Waals surface area (Å²) in [6.07, 6.45) is 2.56. The van der Waals surface area contributed by atoms with Gasteiger partial charge in [-0.3, -0.25) is 4.79 Å². The van der Waals surface area contributed by atoms with E-state index < -0.39 is 4.32 Å². The lowest BCUT2D eigenvalue weighted by Gasteiger charge is -2.21. The summed E-state index contributed by atoms with van der Waals surface area (Å²) in [7, 11) is 1.61. The fourth-order valence-electron chi connectivity index (χ4n) is 1.55. The standard InChI is InChI=1S/C14H17BrN2O2/c1-14(2,15)13(18)17(10-16)9-8-11-4-6-12(19-3)7-5-11/h4-7H,8-9H2,1-3H3. The average Bonchev–Trinajstić information content (AvgIpc) is 2.39. The van der Waals surface area contributed by atoms with Crippen LogP contribution in [0.5, 0.6) is 5.75 Å². The van der Waals surface area contributed by atoms with E-state index in [9.17, 15) is 4.79 Å². The number of hydrogen-bond donors (Lipinski definition) is 0. The van der Waals surface area contributed by atoms with E-state index in [1.165, 1.54) is 4.90 Å². The molecule has 1 rings (SSSR count). The predicted octanol–water partition coefficient (Wildman–Crippen LogP) is 2.72. The van der Waals surface area contributed by atoms with Crippen molar-refractivity contribution in [2.45, 2.75) is 24.6 Å². The smallest absolute Gasteiger partial charge is 0.251 e. The molecule has 0 aliphatic heterocycles. The molecule has 0 heterocycles. The Kier molecular flexibility index (Phi) is 5.37. The molecule has 0 spiro atoms. The number of nitriles is 1. The van der Waals surface area contributed by atoms with E-state index in [0.717, 1.165) is 11.3 Å². The molecule has 0 aromatic heterocycles. The van der Waals surface area contributed by atoms with Crippen molar-refractivity contribution in [3.8, 4) is 11.9 Å². The van der Waals surface area contributed by atoms with Crippen LogP contribution in [0.1, 0.15) is 19.4 Å². The summed E-state index contributed by atoms with van der Waals surface area (Å²) < 4.78 is 4.36. The first-order valence-corrected chi connectivity index (χ1v) is 6.71. The number of nitrogens with zero attached hydrogens (tertiary/aromatic N) is 2. The van der Waals surface area contributed by atoms with Crippen molar-refractivity contribution in [1.29, 1.82) is 5.26 Å². The van der Waals surface area contributed by atoms with Gasteiger partial charge in [0, 0.05) is 6.54 Å². The zero-order chi connectivity index (χ0) is 14.5. The molecule has 102 valence electrons. The van der Waals surface area contributed by atoms with E-state index in [0.29, 0.717) is 13.0 Å². The Morgan fingerprint density at radius 1 is 1.42 bits per heavy atom. The number of rotatable bonds is 5. The first-order chi connectivity index (χ1) is 8.88. The number of ether oxygens (including phenoxy) is 1. The van der Waals surface area contributed by atoms with Crippen LogP contribution in [0, 0.1) is 11.5 Å². The van der Waals surface area contributed by atoms with Gasteiger partial charge in [0.15, 0.2) is 6.19 Å². The van der Waals surface area contributed by atoms with Crippen LogP contribution in [0.15, 0.2) is 24.3 Å². The normalized spacial score (nSPS) is 10.7. The van der Waals surface area contributed by atoms with Gasteiger partial charge in [-0.25, -0.2) is 4.90 Å². The number of carbonyl (C=O) groups excluding carboxylic acids is 1. The van der Waals surface area contributed by atoms with Gasteiger partial charge in [-0.05, 0) is 38.0 Å². The molecule has 4 nitrogen and oxygen atoms in total. The first-order valence-electron chi connectivity index (χ1n) is 5.92. The van der Waals surface area contributed by atoms with Crippen LogP contribution in [-0.4, -0.2) is 28.8 Å². The quantitative estimate of drug-likeness (QED) is 0.475. The Bertz CT molecular complexity index is 472. The van der Waals surface area contributed by atoms with E-state index in [1.54, 1.807) is 21.0 Å². The van der Waals surface area contributed by atoms with Crippen LogP contribution in [0.4, 0.5) is 0 Å². The Labute approximate surface area is 122 Å². The van der Waals surface area contributed by atoms with E-state index in [1.807, 2.05) is 30.5 Å². The van der Waals surface area contributed by atoms with Crippen LogP contribution in [0.2, 0.25) is 0 Å². The van der Waals surface area contributed by atoms with Gasteiger partial charge in [-0.1, -0.05) is 28.1 Å². The molecule has 0 atom stereocenters. The highest BCUT2D eigenvalue weighted by atomic mass is 79.9. The molecule has 5 heteroatoms. The summed E-state index contributed by atoms with van der Waals surface area (Å²) in [6, 6.07) is 7.58. The lowest BCUT2D eigenvalue weighted by Crippen LogP contribution is -2.39. The van der Waals surface area contributed by atoms with Gasteiger partial charge in [0.05, 0.1) is 11.4 Å². The van der Waals surface area contributed by atoms with Crippen LogP contribution >= 0.6 is 15.9 Å². The molecule has 19 heavy (non-hydrogen) atoms. The fraction of sp³-hybridized carbons (Fsp3) is 0.429. The van der Waals surface area contributed by atoms with Gasteiger partial charge in [0.25, 0.3) is 5.91 Å². The summed E-state index contributed by atoms with van der Waals surface area (Å²) in [5.74, 6) is 0.557. The van der Waals surface area contributed by atoms with Gasteiger partial charge in [0.1, 0.15) is 5.75 Å². The van der Waals surface area contributed by atoms with E-state index in [4.69, 9.17) is 10.00 Å². The number of amides is 1. The second-order valence-corrected chi connectivity index (χ2v) is 6.61. The summed E-state index contributed by atoms with van der Waals surface area (Å²) in [4.78, 5) is 13.1. The van der Waals surface area contributed by atoms with Crippen molar-refractivity contribution in [3.05, 3.63) is 29.8 Å². The average molecular weight is 325 g/mol. The Balaban J connectivity index is 2.63. The number of carbonyl (C=O) groups is 1. The summed E-state index contributed by atoms with van der Waals surface area (Å²) in [5, 5.41) is 9.03. The van der Waals surface area contributed by atoms with Gasteiger partial charge in [0.2, 0.25) is 0 Å². The van der Waals surface area contributed by atoms with E-state index in [2.05, 4.69) is 15.9 Å². The maximum atomic E-state index is 12.0. The minimum Gasteiger partial charge on any atom is -0.497 e. The van der Waals surface area contributed by atoms with Gasteiger partial charge in [-0.15, -0.1) is 0 Å².